The predicted octanol–water partition coefficient (Wildman–Crippen LogP) is 4.20. The molecule has 112 valence electrons. The third kappa shape index (κ3) is 2.02. The molecule has 0 amide bonds. The molecular weight excluding hydrogens is 308 g/mol. The summed E-state index contributed by atoms with van der Waals surface area (Å²) in [5, 5.41) is 7.25. The second-order valence-corrected chi connectivity index (χ2v) is 6.40. The Kier molecular flexibility index (Phi) is 2.70. The molecule has 0 N–H and O–H groups in total. The fourth-order valence-electron chi connectivity index (χ4n) is 3.54. The van der Waals surface area contributed by atoms with E-state index in [4.69, 9.17) is 11.6 Å². The zero-order valence-electron chi connectivity index (χ0n) is 12.2. The van der Waals surface area contributed by atoms with E-state index >= 15 is 0 Å². The van der Waals surface area contributed by atoms with Crippen molar-refractivity contribution in [3.63, 3.8) is 0 Å². The smallest absolute Gasteiger partial charge is 0.157 e. The summed E-state index contributed by atoms with van der Waals surface area (Å²) in [7, 11) is 0. The van der Waals surface area contributed by atoms with Crippen LogP contribution < -0.4 is 0 Å². The van der Waals surface area contributed by atoms with Crippen LogP contribution in [0.5, 0.6) is 0 Å². The summed E-state index contributed by atoms with van der Waals surface area (Å²) in [6.45, 7) is 0. The third-order valence-corrected chi connectivity index (χ3v) is 4.85. The van der Waals surface area contributed by atoms with Gasteiger partial charge in [0.25, 0.3) is 0 Å². The summed E-state index contributed by atoms with van der Waals surface area (Å²) < 4.78 is 1.76. The van der Waals surface area contributed by atoms with E-state index in [2.05, 4.69) is 39.3 Å². The SMILES string of the molecule is Clc1cc(C2CC2c2cccc3cnccc23)c2nccn2n1. The molecule has 4 nitrogen and oxygen atoms in total. The topological polar surface area (TPSA) is 43.1 Å². The standard InChI is InChI=1S/C18H13ClN4/c19-17-9-16(18-21-6-7-23(18)22-17)15-8-14(15)13-3-1-2-11-10-20-5-4-12(11)13/h1-7,9-10,14-15H,8H2. The van der Waals surface area contributed by atoms with Gasteiger partial charge in [-0.05, 0) is 41.3 Å². The predicted molar refractivity (Wildman–Crippen MR) is 89.8 cm³/mol. The molecule has 0 spiro atoms. The fraction of sp³-hybridized carbons (Fsp3) is 0.167. The van der Waals surface area contributed by atoms with E-state index in [1.165, 1.54) is 21.9 Å². The Balaban J connectivity index is 1.61. The van der Waals surface area contributed by atoms with E-state index in [9.17, 15) is 0 Å². The van der Waals surface area contributed by atoms with Crippen molar-refractivity contribution in [1.82, 2.24) is 19.6 Å². The van der Waals surface area contributed by atoms with Gasteiger partial charge in [-0.15, -0.1) is 0 Å². The van der Waals surface area contributed by atoms with Gasteiger partial charge in [-0.2, -0.15) is 5.10 Å². The van der Waals surface area contributed by atoms with Gasteiger partial charge in [-0.25, -0.2) is 9.50 Å². The number of fused-ring (bicyclic) bond motifs is 2. The van der Waals surface area contributed by atoms with E-state index in [0.29, 0.717) is 17.0 Å². The van der Waals surface area contributed by atoms with E-state index in [1.54, 1.807) is 10.7 Å². The number of imidazole rings is 1. The maximum Gasteiger partial charge on any atom is 0.157 e. The van der Waals surface area contributed by atoms with Crippen molar-refractivity contribution < 1.29 is 0 Å². The lowest BCUT2D eigenvalue weighted by Crippen LogP contribution is -1.96. The van der Waals surface area contributed by atoms with Crippen LogP contribution in [0.15, 0.2) is 55.1 Å². The number of rotatable bonds is 2. The van der Waals surface area contributed by atoms with Crippen LogP contribution in [-0.4, -0.2) is 19.6 Å². The number of nitrogens with zero attached hydrogens (tertiary/aromatic N) is 4. The molecule has 0 radical (unpaired) electrons. The highest BCUT2D eigenvalue weighted by molar-refractivity contribution is 6.29. The van der Waals surface area contributed by atoms with Crippen molar-refractivity contribution in [3.8, 4) is 0 Å². The Bertz CT molecular complexity index is 1030. The zero-order valence-corrected chi connectivity index (χ0v) is 13.0. The van der Waals surface area contributed by atoms with Gasteiger partial charge < -0.3 is 0 Å². The molecular formula is C18H13ClN4. The summed E-state index contributed by atoms with van der Waals surface area (Å²) in [5.41, 5.74) is 3.47. The first-order valence-electron chi connectivity index (χ1n) is 7.64. The van der Waals surface area contributed by atoms with Crippen molar-refractivity contribution in [1.29, 1.82) is 0 Å². The molecule has 1 fully saturated rings. The molecule has 2 atom stereocenters. The van der Waals surface area contributed by atoms with Crippen molar-refractivity contribution >= 4 is 28.0 Å². The lowest BCUT2D eigenvalue weighted by atomic mass is 10.00. The van der Waals surface area contributed by atoms with Crippen LogP contribution in [-0.2, 0) is 0 Å². The minimum Gasteiger partial charge on any atom is -0.264 e. The molecule has 1 aliphatic rings. The van der Waals surface area contributed by atoms with E-state index < -0.39 is 0 Å². The molecule has 2 unspecified atom stereocenters. The van der Waals surface area contributed by atoms with Gasteiger partial charge in [-0.1, -0.05) is 29.8 Å². The van der Waals surface area contributed by atoms with Gasteiger partial charge >= 0.3 is 0 Å². The highest BCUT2D eigenvalue weighted by Gasteiger charge is 2.42. The maximum absolute atomic E-state index is 6.17. The first kappa shape index (κ1) is 13.0. The number of hydrogen-bond donors (Lipinski definition) is 0. The van der Waals surface area contributed by atoms with Crippen LogP contribution in [0.2, 0.25) is 5.15 Å². The molecule has 4 aromatic rings. The Labute approximate surface area is 137 Å². The second kappa shape index (κ2) is 4.77. The van der Waals surface area contributed by atoms with Crippen LogP contribution in [0.25, 0.3) is 16.4 Å². The van der Waals surface area contributed by atoms with Gasteiger partial charge in [0.1, 0.15) is 5.15 Å². The summed E-state index contributed by atoms with van der Waals surface area (Å²) >= 11 is 6.17. The third-order valence-electron chi connectivity index (χ3n) is 4.66. The molecule has 5 heteroatoms. The Hall–Kier alpha value is -2.46. The van der Waals surface area contributed by atoms with Crippen molar-refractivity contribution in [2.75, 3.05) is 0 Å². The van der Waals surface area contributed by atoms with Crippen LogP contribution in [0.4, 0.5) is 0 Å². The van der Waals surface area contributed by atoms with Crippen molar-refractivity contribution in [2.45, 2.75) is 18.3 Å². The van der Waals surface area contributed by atoms with Gasteiger partial charge in [0.2, 0.25) is 0 Å². The highest BCUT2D eigenvalue weighted by atomic mass is 35.5. The molecule has 0 saturated heterocycles. The summed E-state index contributed by atoms with van der Waals surface area (Å²) in [6.07, 6.45) is 8.50. The van der Waals surface area contributed by atoms with Gasteiger partial charge in [-0.3, -0.25) is 4.98 Å². The molecule has 5 rings (SSSR count). The van der Waals surface area contributed by atoms with E-state index in [1.807, 2.05) is 24.7 Å². The number of halogens is 1. The maximum atomic E-state index is 6.17. The summed E-state index contributed by atoms with van der Waals surface area (Å²) in [5.74, 6) is 0.944. The van der Waals surface area contributed by atoms with Crippen LogP contribution in [0.3, 0.4) is 0 Å². The zero-order chi connectivity index (χ0) is 15.4. The van der Waals surface area contributed by atoms with Gasteiger partial charge in [0, 0.05) is 35.7 Å². The fourth-order valence-corrected chi connectivity index (χ4v) is 3.73. The quantitative estimate of drug-likeness (QED) is 0.556. The molecule has 1 saturated carbocycles. The van der Waals surface area contributed by atoms with Crippen LogP contribution in [0.1, 0.15) is 29.4 Å². The normalized spacial score (nSPS) is 20.2. The monoisotopic (exact) mass is 320 g/mol. The molecule has 1 aromatic carbocycles. The van der Waals surface area contributed by atoms with Crippen molar-refractivity contribution in [3.05, 3.63) is 71.4 Å². The minimum absolute atomic E-state index is 0.444. The first-order chi connectivity index (χ1) is 11.3. The second-order valence-electron chi connectivity index (χ2n) is 6.01. The van der Waals surface area contributed by atoms with Gasteiger partial charge in [0.05, 0.1) is 0 Å². The average molecular weight is 321 g/mol. The molecule has 3 heterocycles. The number of aromatic nitrogens is 4. The summed E-state index contributed by atoms with van der Waals surface area (Å²) in [4.78, 5) is 8.66. The Morgan fingerprint density at radius 3 is 2.96 bits per heavy atom. The molecule has 3 aromatic heterocycles. The lowest BCUT2D eigenvalue weighted by molar-refractivity contribution is 0.906. The van der Waals surface area contributed by atoms with Gasteiger partial charge in [0.15, 0.2) is 5.65 Å². The molecule has 1 aliphatic carbocycles. The Morgan fingerprint density at radius 1 is 1.09 bits per heavy atom. The number of benzene rings is 1. The Morgan fingerprint density at radius 2 is 2.00 bits per heavy atom. The lowest BCUT2D eigenvalue weighted by Gasteiger charge is -2.07. The minimum atomic E-state index is 0.444. The van der Waals surface area contributed by atoms with E-state index in [-0.39, 0.29) is 0 Å². The largest absolute Gasteiger partial charge is 0.264 e. The number of pyridine rings is 1. The average Bonchev–Trinajstić information content (AvgIpc) is 3.23. The molecule has 23 heavy (non-hydrogen) atoms. The van der Waals surface area contributed by atoms with Crippen LogP contribution >= 0.6 is 11.6 Å². The first-order valence-corrected chi connectivity index (χ1v) is 8.01. The van der Waals surface area contributed by atoms with Crippen molar-refractivity contribution in [2.24, 2.45) is 0 Å². The molecule has 0 aliphatic heterocycles. The van der Waals surface area contributed by atoms with Crippen LogP contribution in [0, 0.1) is 0 Å². The molecule has 0 bridgehead atoms. The number of hydrogen-bond acceptors (Lipinski definition) is 3. The highest BCUT2D eigenvalue weighted by Crippen LogP contribution is 2.56. The summed E-state index contributed by atoms with van der Waals surface area (Å²) in [6, 6.07) is 10.5. The van der Waals surface area contributed by atoms with E-state index in [0.717, 1.165) is 12.1 Å².